The molecule has 4 N–H and O–H groups in total. The van der Waals surface area contributed by atoms with Gasteiger partial charge in [-0.1, -0.05) is 19.1 Å². The summed E-state index contributed by atoms with van der Waals surface area (Å²) in [6.07, 6.45) is 0.962. The first kappa shape index (κ1) is 15.8. The number of carboxylic acids is 1. The molecule has 0 unspecified atom stereocenters. The van der Waals surface area contributed by atoms with E-state index < -0.39 is 5.97 Å². The van der Waals surface area contributed by atoms with E-state index >= 15 is 0 Å². The molecule has 0 aliphatic carbocycles. The van der Waals surface area contributed by atoms with E-state index in [1.807, 2.05) is 18.2 Å². The third-order valence-corrected chi connectivity index (χ3v) is 3.25. The summed E-state index contributed by atoms with van der Waals surface area (Å²) in [4.78, 5) is 10.8. The first-order valence-corrected chi connectivity index (χ1v) is 7.24. The number of aryl methyl sites for hydroxylation is 1. The maximum atomic E-state index is 10.8. The molecule has 0 saturated carbocycles. The number of hydrazine groups is 1. The number of hydrogen-bond acceptors (Lipinski definition) is 3. The van der Waals surface area contributed by atoms with Crippen LogP contribution in [0.2, 0.25) is 0 Å². The predicted molar refractivity (Wildman–Crippen MR) is 92.2 cm³/mol. The van der Waals surface area contributed by atoms with Crippen LogP contribution in [-0.2, 0) is 6.42 Å². The number of hydrogen-bond donors (Lipinski definition) is 4. The number of carbonyl (C=O) groups is 1. The summed E-state index contributed by atoms with van der Waals surface area (Å²) in [5.74, 6) is -0.951. The lowest BCUT2D eigenvalue weighted by molar-refractivity contribution is 0.0697. The fourth-order valence-electron chi connectivity index (χ4n) is 1.86. The van der Waals surface area contributed by atoms with Crippen molar-refractivity contribution in [2.45, 2.75) is 13.3 Å². The smallest absolute Gasteiger partial charge is 0.335 e. The zero-order valence-electron chi connectivity index (χ0n) is 12.1. The molecule has 0 radical (unpaired) electrons. The molecule has 0 heterocycles. The van der Waals surface area contributed by atoms with E-state index in [0.29, 0.717) is 5.11 Å². The fraction of sp³-hybridized carbons (Fsp3) is 0.125. The first-order chi connectivity index (χ1) is 10.6. The summed E-state index contributed by atoms with van der Waals surface area (Å²) >= 11 is 5.20. The predicted octanol–water partition coefficient (Wildman–Crippen LogP) is 3.26. The van der Waals surface area contributed by atoms with Crippen molar-refractivity contribution >= 4 is 34.7 Å². The van der Waals surface area contributed by atoms with Crippen LogP contribution in [-0.4, -0.2) is 16.2 Å². The van der Waals surface area contributed by atoms with Gasteiger partial charge in [-0.05, 0) is 60.6 Å². The van der Waals surface area contributed by atoms with E-state index in [4.69, 9.17) is 17.3 Å². The standard InChI is InChI=1S/C16H17N3O2S/c1-2-11-4-3-5-14(10-11)17-16(22)19-18-13-8-6-12(7-9-13)15(20)21/h3-10,18H,2H2,1H3,(H,20,21)(H2,17,19,22). The van der Waals surface area contributed by atoms with Crippen LogP contribution in [0, 0.1) is 0 Å². The molecule has 5 nitrogen and oxygen atoms in total. The van der Waals surface area contributed by atoms with Crippen LogP contribution < -0.4 is 16.2 Å². The molecular formula is C16H17N3O2S. The monoisotopic (exact) mass is 315 g/mol. The van der Waals surface area contributed by atoms with Gasteiger partial charge in [0.25, 0.3) is 0 Å². The van der Waals surface area contributed by atoms with E-state index in [-0.39, 0.29) is 5.56 Å². The first-order valence-electron chi connectivity index (χ1n) is 6.84. The van der Waals surface area contributed by atoms with Crippen LogP contribution in [0.5, 0.6) is 0 Å². The highest BCUT2D eigenvalue weighted by Gasteiger charge is 2.02. The largest absolute Gasteiger partial charge is 0.478 e. The van der Waals surface area contributed by atoms with Crippen molar-refractivity contribution in [2.75, 3.05) is 10.7 Å². The van der Waals surface area contributed by atoms with E-state index in [1.165, 1.54) is 17.7 Å². The fourth-order valence-corrected chi connectivity index (χ4v) is 2.03. The Morgan fingerprint density at radius 3 is 2.50 bits per heavy atom. The Morgan fingerprint density at radius 2 is 1.86 bits per heavy atom. The van der Waals surface area contributed by atoms with Gasteiger partial charge in [0.2, 0.25) is 0 Å². The molecule has 0 saturated heterocycles. The zero-order chi connectivity index (χ0) is 15.9. The number of nitrogens with one attached hydrogen (secondary N) is 3. The number of thiocarbonyl (C=S) groups is 1. The molecule has 0 bridgehead atoms. The molecule has 6 heteroatoms. The number of benzene rings is 2. The van der Waals surface area contributed by atoms with Crippen molar-refractivity contribution in [1.82, 2.24) is 5.43 Å². The highest BCUT2D eigenvalue weighted by atomic mass is 32.1. The minimum atomic E-state index is -0.951. The minimum Gasteiger partial charge on any atom is -0.478 e. The second-order valence-corrected chi connectivity index (χ2v) is 5.05. The summed E-state index contributed by atoms with van der Waals surface area (Å²) < 4.78 is 0. The van der Waals surface area contributed by atoms with E-state index in [2.05, 4.69) is 29.2 Å². The lowest BCUT2D eigenvalue weighted by atomic mass is 10.1. The number of carboxylic acid groups (broad SMARTS) is 1. The van der Waals surface area contributed by atoms with E-state index in [0.717, 1.165) is 17.8 Å². The molecule has 2 aromatic carbocycles. The highest BCUT2D eigenvalue weighted by Crippen LogP contribution is 2.11. The molecule has 0 aromatic heterocycles. The maximum absolute atomic E-state index is 10.8. The van der Waals surface area contributed by atoms with Gasteiger partial charge in [0.05, 0.1) is 11.3 Å². The summed E-state index contributed by atoms with van der Waals surface area (Å²) in [5.41, 5.74) is 8.87. The highest BCUT2D eigenvalue weighted by molar-refractivity contribution is 7.80. The quantitative estimate of drug-likeness (QED) is 0.501. The molecule has 114 valence electrons. The van der Waals surface area contributed by atoms with Gasteiger partial charge in [-0.2, -0.15) is 0 Å². The molecule has 22 heavy (non-hydrogen) atoms. The van der Waals surface area contributed by atoms with Crippen molar-refractivity contribution in [1.29, 1.82) is 0 Å². The second kappa shape index (κ2) is 7.42. The van der Waals surface area contributed by atoms with Crippen molar-refractivity contribution in [2.24, 2.45) is 0 Å². The van der Waals surface area contributed by atoms with Gasteiger partial charge >= 0.3 is 5.97 Å². The molecular weight excluding hydrogens is 298 g/mol. The summed E-state index contributed by atoms with van der Waals surface area (Å²) in [7, 11) is 0. The number of anilines is 2. The summed E-state index contributed by atoms with van der Waals surface area (Å²) in [6.45, 7) is 2.10. The van der Waals surface area contributed by atoms with E-state index in [1.54, 1.807) is 12.1 Å². The maximum Gasteiger partial charge on any atom is 0.335 e. The average molecular weight is 315 g/mol. The second-order valence-electron chi connectivity index (χ2n) is 4.64. The molecule has 2 aromatic rings. The zero-order valence-corrected chi connectivity index (χ0v) is 12.9. The SMILES string of the molecule is CCc1cccc(NC(=S)NNc2ccc(C(=O)O)cc2)c1. The van der Waals surface area contributed by atoms with Crippen molar-refractivity contribution in [3.63, 3.8) is 0 Å². The third-order valence-electron chi connectivity index (χ3n) is 3.05. The Morgan fingerprint density at radius 1 is 1.14 bits per heavy atom. The van der Waals surface area contributed by atoms with Crippen LogP contribution in [0.15, 0.2) is 48.5 Å². The molecule has 0 aliphatic rings. The summed E-state index contributed by atoms with van der Waals surface area (Å²) in [5, 5.41) is 12.3. The van der Waals surface area contributed by atoms with Gasteiger partial charge in [0.15, 0.2) is 5.11 Å². The molecule has 0 spiro atoms. The Labute approximate surface area is 134 Å². The Bertz CT molecular complexity index is 671. The Kier molecular flexibility index (Phi) is 5.32. The van der Waals surface area contributed by atoms with Crippen LogP contribution >= 0.6 is 12.2 Å². The lowest BCUT2D eigenvalue weighted by Crippen LogP contribution is -2.33. The van der Waals surface area contributed by atoms with Crippen LogP contribution in [0.3, 0.4) is 0 Å². The van der Waals surface area contributed by atoms with Gasteiger partial charge in [-0.25, -0.2) is 4.79 Å². The average Bonchev–Trinajstić information content (AvgIpc) is 2.53. The Balaban J connectivity index is 1.88. The lowest BCUT2D eigenvalue weighted by Gasteiger charge is -2.13. The van der Waals surface area contributed by atoms with Gasteiger partial charge < -0.3 is 10.4 Å². The molecule has 2 rings (SSSR count). The summed E-state index contributed by atoms with van der Waals surface area (Å²) in [6, 6.07) is 14.4. The normalized spacial score (nSPS) is 9.86. The van der Waals surface area contributed by atoms with Crippen LogP contribution in [0.25, 0.3) is 0 Å². The van der Waals surface area contributed by atoms with E-state index in [9.17, 15) is 4.79 Å². The van der Waals surface area contributed by atoms with Gasteiger partial charge in [0, 0.05) is 5.69 Å². The molecule has 0 atom stereocenters. The van der Waals surface area contributed by atoms with Crippen LogP contribution in [0.4, 0.5) is 11.4 Å². The van der Waals surface area contributed by atoms with Crippen molar-refractivity contribution in [3.8, 4) is 0 Å². The van der Waals surface area contributed by atoms with Crippen LogP contribution in [0.1, 0.15) is 22.8 Å². The van der Waals surface area contributed by atoms with Crippen molar-refractivity contribution < 1.29 is 9.90 Å². The minimum absolute atomic E-state index is 0.239. The van der Waals surface area contributed by atoms with Gasteiger partial charge in [-0.15, -0.1) is 0 Å². The van der Waals surface area contributed by atoms with Gasteiger partial charge in [0.1, 0.15) is 0 Å². The molecule has 0 fully saturated rings. The Hall–Kier alpha value is -2.60. The number of rotatable bonds is 5. The van der Waals surface area contributed by atoms with Crippen molar-refractivity contribution in [3.05, 3.63) is 59.7 Å². The number of aromatic carboxylic acids is 1. The van der Waals surface area contributed by atoms with Gasteiger partial charge in [-0.3, -0.25) is 10.9 Å². The molecule has 0 aliphatic heterocycles. The third kappa shape index (κ3) is 4.46. The molecule has 0 amide bonds. The topological polar surface area (TPSA) is 73.4 Å².